The number of carbonyl (C=O) groups excluding carboxylic acids is 1. The van der Waals surface area contributed by atoms with Crippen molar-refractivity contribution in [1.29, 1.82) is 0 Å². The molecule has 0 unspecified atom stereocenters. The summed E-state index contributed by atoms with van der Waals surface area (Å²) in [5, 5.41) is 0. The summed E-state index contributed by atoms with van der Waals surface area (Å²) in [7, 11) is -2.64. The van der Waals surface area contributed by atoms with Crippen molar-refractivity contribution in [3.63, 3.8) is 0 Å². The molecular formula is C21H28N2O4S. The Morgan fingerprint density at radius 1 is 1.00 bits per heavy atom. The third-order valence-corrected chi connectivity index (χ3v) is 5.96. The Kier molecular flexibility index (Phi) is 8.17. The van der Waals surface area contributed by atoms with E-state index in [-0.39, 0.29) is 19.0 Å². The van der Waals surface area contributed by atoms with Crippen LogP contribution >= 0.6 is 0 Å². The van der Waals surface area contributed by atoms with Crippen LogP contribution in [-0.4, -0.2) is 38.4 Å². The van der Waals surface area contributed by atoms with Crippen molar-refractivity contribution < 1.29 is 17.9 Å². The van der Waals surface area contributed by atoms with Gasteiger partial charge in [0.1, 0.15) is 6.04 Å². The van der Waals surface area contributed by atoms with E-state index in [1.165, 1.54) is 11.4 Å². The number of esters is 1. The van der Waals surface area contributed by atoms with E-state index in [2.05, 4.69) is 4.72 Å². The molecule has 0 aliphatic rings. The Morgan fingerprint density at radius 3 is 2.04 bits per heavy atom. The average molecular weight is 405 g/mol. The molecule has 28 heavy (non-hydrogen) atoms. The van der Waals surface area contributed by atoms with Crippen LogP contribution in [0, 0.1) is 5.92 Å². The van der Waals surface area contributed by atoms with E-state index in [9.17, 15) is 13.2 Å². The first-order valence-corrected chi connectivity index (χ1v) is 10.7. The zero-order valence-corrected chi connectivity index (χ0v) is 17.4. The van der Waals surface area contributed by atoms with Gasteiger partial charge in [-0.3, -0.25) is 4.79 Å². The van der Waals surface area contributed by atoms with E-state index in [4.69, 9.17) is 4.74 Å². The van der Waals surface area contributed by atoms with E-state index >= 15 is 0 Å². The number of ether oxygens (including phenoxy) is 1. The van der Waals surface area contributed by atoms with Gasteiger partial charge in [-0.2, -0.15) is 12.7 Å². The molecule has 0 saturated carbocycles. The Labute approximate surface area is 167 Å². The second-order valence-electron chi connectivity index (χ2n) is 6.88. The van der Waals surface area contributed by atoms with Crippen LogP contribution in [0.4, 0.5) is 0 Å². The van der Waals surface area contributed by atoms with Crippen molar-refractivity contribution in [2.24, 2.45) is 5.92 Å². The third-order valence-electron chi connectivity index (χ3n) is 4.42. The lowest BCUT2D eigenvalue weighted by Crippen LogP contribution is -2.52. The number of hydrogen-bond acceptors (Lipinski definition) is 4. The van der Waals surface area contributed by atoms with Crippen molar-refractivity contribution >= 4 is 16.2 Å². The number of rotatable bonds is 10. The summed E-state index contributed by atoms with van der Waals surface area (Å²) < 4.78 is 34.9. The molecule has 0 fully saturated rings. The Hall–Kier alpha value is -2.22. The van der Waals surface area contributed by atoms with Gasteiger partial charge in [0.15, 0.2) is 0 Å². The van der Waals surface area contributed by atoms with E-state index in [1.807, 2.05) is 60.7 Å². The van der Waals surface area contributed by atoms with Crippen molar-refractivity contribution in [3.8, 4) is 0 Å². The van der Waals surface area contributed by atoms with E-state index in [0.29, 0.717) is 6.42 Å². The highest BCUT2D eigenvalue weighted by atomic mass is 32.2. The Bertz CT molecular complexity index is 839. The zero-order chi connectivity index (χ0) is 20.6. The minimum Gasteiger partial charge on any atom is -0.468 e. The normalized spacial score (nSPS) is 12.9. The molecule has 0 radical (unpaired) electrons. The van der Waals surface area contributed by atoms with Gasteiger partial charge in [0.25, 0.3) is 10.2 Å². The van der Waals surface area contributed by atoms with Gasteiger partial charge in [0.05, 0.1) is 7.11 Å². The molecule has 0 spiro atoms. The molecule has 0 bridgehead atoms. The molecule has 1 N–H and O–H groups in total. The molecule has 0 heterocycles. The molecule has 6 nitrogen and oxygen atoms in total. The van der Waals surface area contributed by atoms with Crippen LogP contribution in [-0.2, 0) is 32.7 Å². The second kappa shape index (κ2) is 10.4. The summed E-state index contributed by atoms with van der Waals surface area (Å²) >= 11 is 0. The van der Waals surface area contributed by atoms with Gasteiger partial charge >= 0.3 is 5.97 Å². The highest BCUT2D eigenvalue weighted by molar-refractivity contribution is 7.87. The quantitative estimate of drug-likeness (QED) is 0.618. The van der Waals surface area contributed by atoms with Crippen molar-refractivity contribution in [3.05, 3.63) is 71.8 Å². The molecule has 1 atom stereocenters. The predicted molar refractivity (Wildman–Crippen MR) is 110 cm³/mol. The van der Waals surface area contributed by atoms with Crippen LogP contribution in [0.5, 0.6) is 0 Å². The summed E-state index contributed by atoms with van der Waals surface area (Å²) in [4.78, 5) is 12.4. The van der Waals surface area contributed by atoms with Crippen LogP contribution in [0.15, 0.2) is 60.7 Å². The lowest BCUT2D eigenvalue weighted by atomic mass is 10.0. The molecule has 0 saturated heterocycles. The average Bonchev–Trinajstić information content (AvgIpc) is 2.68. The topological polar surface area (TPSA) is 75.7 Å². The largest absolute Gasteiger partial charge is 0.468 e. The van der Waals surface area contributed by atoms with Crippen LogP contribution in [0.25, 0.3) is 0 Å². The van der Waals surface area contributed by atoms with Gasteiger partial charge in [-0.25, -0.2) is 4.72 Å². The summed E-state index contributed by atoms with van der Waals surface area (Å²) in [5.41, 5.74) is 1.83. The van der Waals surface area contributed by atoms with Crippen LogP contribution in [0.3, 0.4) is 0 Å². The molecule has 0 aliphatic carbocycles. The van der Waals surface area contributed by atoms with Crippen LogP contribution in [0.2, 0.25) is 0 Å². The zero-order valence-electron chi connectivity index (χ0n) is 16.5. The van der Waals surface area contributed by atoms with Gasteiger partial charge in [-0.15, -0.1) is 0 Å². The number of nitrogens with one attached hydrogen (secondary N) is 1. The summed E-state index contributed by atoms with van der Waals surface area (Å²) in [6.07, 6.45) is 0.559. The first-order valence-electron chi connectivity index (χ1n) is 9.27. The van der Waals surface area contributed by atoms with E-state index in [0.717, 1.165) is 11.1 Å². The minimum atomic E-state index is -3.91. The van der Waals surface area contributed by atoms with Gasteiger partial charge in [-0.1, -0.05) is 74.5 Å². The third kappa shape index (κ3) is 6.15. The first-order chi connectivity index (χ1) is 13.3. The molecule has 0 aliphatic heterocycles. The fraction of sp³-hybridized carbons (Fsp3) is 0.381. The molecule has 152 valence electrons. The molecule has 2 aromatic carbocycles. The number of carbonyl (C=O) groups is 1. The Morgan fingerprint density at radius 2 is 1.54 bits per heavy atom. The molecular weight excluding hydrogens is 376 g/mol. The van der Waals surface area contributed by atoms with Crippen molar-refractivity contribution in [2.75, 3.05) is 13.7 Å². The smallest absolute Gasteiger partial charge is 0.324 e. The molecule has 2 aromatic rings. The molecule has 2 rings (SSSR count). The second-order valence-corrected chi connectivity index (χ2v) is 8.59. The standard InChI is InChI=1S/C21H28N2O4S/c1-17(2)20(21(24)27-3)23(16-19-12-8-5-9-13-19)28(25,26)22-15-14-18-10-6-4-7-11-18/h4-13,17,20,22H,14-16H2,1-3H3/t20-/m1/s1. The highest BCUT2D eigenvalue weighted by Crippen LogP contribution is 2.20. The minimum absolute atomic E-state index is 0.0828. The maximum absolute atomic E-state index is 13.1. The molecule has 0 aromatic heterocycles. The number of hydrogen-bond donors (Lipinski definition) is 1. The highest BCUT2D eigenvalue weighted by Gasteiger charge is 2.37. The van der Waals surface area contributed by atoms with Crippen LogP contribution < -0.4 is 4.72 Å². The van der Waals surface area contributed by atoms with Crippen molar-refractivity contribution in [2.45, 2.75) is 32.9 Å². The summed E-state index contributed by atoms with van der Waals surface area (Å²) in [6, 6.07) is 17.9. The summed E-state index contributed by atoms with van der Waals surface area (Å²) in [5.74, 6) is -0.818. The fourth-order valence-corrected chi connectivity index (χ4v) is 4.46. The van der Waals surface area contributed by atoms with E-state index in [1.54, 1.807) is 13.8 Å². The Balaban J connectivity index is 2.23. The van der Waals surface area contributed by atoms with Gasteiger partial charge in [-0.05, 0) is 23.5 Å². The van der Waals surface area contributed by atoms with Gasteiger partial charge < -0.3 is 4.74 Å². The fourth-order valence-electron chi connectivity index (χ4n) is 2.99. The van der Waals surface area contributed by atoms with E-state index < -0.39 is 22.2 Å². The predicted octanol–water partition coefficient (Wildman–Crippen LogP) is 2.76. The lowest BCUT2D eigenvalue weighted by molar-refractivity contribution is -0.146. The first kappa shape index (κ1) is 22.1. The number of methoxy groups -OCH3 is 1. The maximum Gasteiger partial charge on any atom is 0.324 e. The monoisotopic (exact) mass is 404 g/mol. The SMILES string of the molecule is COC(=O)[C@@H](C(C)C)N(Cc1ccccc1)S(=O)(=O)NCCc1ccccc1. The summed E-state index contributed by atoms with van der Waals surface area (Å²) in [6.45, 7) is 3.93. The molecule has 7 heteroatoms. The van der Waals surface area contributed by atoms with Crippen molar-refractivity contribution in [1.82, 2.24) is 9.03 Å². The number of benzene rings is 2. The van der Waals surface area contributed by atoms with Gasteiger partial charge in [0, 0.05) is 13.1 Å². The van der Waals surface area contributed by atoms with Crippen LogP contribution in [0.1, 0.15) is 25.0 Å². The maximum atomic E-state index is 13.1. The van der Waals surface area contributed by atoms with Gasteiger partial charge in [0.2, 0.25) is 0 Å². The number of nitrogens with zero attached hydrogens (tertiary/aromatic N) is 1. The molecule has 0 amide bonds. The lowest BCUT2D eigenvalue weighted by Gasteiger charge is -2.31.